The van der Waals surface area contributed by atoms with E-state index in [1.807, 2.05) is 37.3 Å². The van der Waals surface area contributed by atoms with E-state index in [-0.39, 0.29) is 18.2 Å². The van der Waals surface area contributed by atoms with Gasteiger partial charge in [-0.05, 0) is 31.0 Å². The molecule has 0 aromatic heterocycles. The lowest BCUT2D eigenvalue weighted by atomic mass is 9.99. The molecule has 5 heteroatoms. The summed E-state index contributed by atoms with van der Waals surface area (Å²) in [5.41, 5.74) is 1.53. The molecule has 0 saturated heterocycles. The first-order chi connectivity index (χ1) is 12.0. The van der Waals surface area contributed by atoms with Gasteiger partial charge in [0.05, 0.1) is 11.8 Å². The number of carbonyl (C=O) groups is 1. The third-order valence-electron chi connectivity index (χ3n) is 3.89. The number of nitrogens with zero attached hydrogens (tertiary/aromatic N) is 1. The van der Waals surface area contributed by atoms with Crippen LogP contribution >= 0.6 is 0 Å². The van der Waals surface area contributed by atoms with Crippen LogP contribution in [0.2, 0.25) is 0 Å². The summed E-state index contributed by atoms with van der Waals surface area (Å²) in [4.78, 5) is 15.6. The summed E-state index contributed by atoms with van der Waals surface area (Å²) in [7, 11) is 0. The molecule has 0 aliphatic carbocycles. The number of hydrogen-bond acceptors (Lipinski definition) is 3. The van der Waals surface area contributed by atoms with Crippen molar-refractivity contribution in [2.24, 2.45) is 4.99 Å². The predicted molar refractivity (Wildman–Crippen MR) is 95.7 cm³/mol. The van der Waals surface area contributed by atoms with E-state index in [1.165, 1.54) is 18.2 Å². The smallest absolute Gasteiger partial charge is 0.303 e. The molecule has 25 heavy (non-hydrogen) atoms. The Morgan fingerprint density at radius 2 is 1.88 bits per heavy atom. The quantitative estimate of drug-likeness (QED) is 0.698. The minimum absolute atomic E-state index is 0.0192. The standard InChI is InChI=1S/C20H22FNO3/c1-2-6-16(10-12-19(24)25)22-20(14-7-4-3-5-8-14)17-13-15(21)9-11-18(17)23/h3-5,7-9,11,13,16,23H,2,6,10,12H2,1H3,(H,24,25). The summed E-state index contributed by atoms with van der Waals surface area (Å²) in [5.74, 6) is -1.39. The van der Waals surface area contributed by atoms with Crippen LogP contribution < -0.4 is 0 Å². The van der Waals surface area contributed by atoms with Gasteiger partial charge in [-0.15, -0.1) is 0 Å². The average Bonchev–Trinajstić information content (AvgIpc) is 2.60. The highest BCUT2D eigenvalue weighted by Gasteiger charge is 2.16. The number of aromatic hydroxyl groups is 1. The van der Waals surface area contributed by atoms with Crippen molar-refractivity contribution in [2.45, 2.75) is 38.6 Å². The molecular formula is C20H22FNO3. The molecule has 1 unspecified atom stereocenters. The number of halogens is 1. The van der Waals surface area contributed by atoms with Gasteiger partial charge in [-0.2, -0.15) is 0 Å². The van der Waals surface area contributed by atoms with Crippen molar-refractivity contribution >= 4 is 11.7 Å². The molecule has 0 bridgehead atoms. The SMILES string of the molecule is CCCC(CCC(=O)O)N=C(c1ccccc1)c1cc(F)ccc1O. The van der Waals surface area contributed by atoms with E-state index in [2.05, 4.69) is 0 Å². The van der Waals surface area contributed by atoms with Crippen molar-refractivity contribution in [3.05, 3.63) is 65.5 Å². The predicted octanol–water partition coefficient (Wildman–Crippen LogP) is 4.40. The number of carboxylic acids is 1. The Bertz CT molecular complexity index is 744. The molecule has 2 rings (SSSR count). The normalized spacial score (nSPS) is 12.8. The molecule has 2 N–H and O–H groups in total. The maximum Gasteiger partial charge on any atom is 0.303 e. The lowest BCUT2D eigenvalue weighted by molar-refractivity contribution is -0.137. The van der Waals surface area contributed by atoms with Crippen LogP contribution in [0.1, 0.15) is 43.7 Å². The molecule has 0 heterocycles. The first kappa shape index (κ1) is 18.6. The van der Waals surface area contributed by atoms with Crippen LogP contribution in [-0.2, 0) is 4.79 Å². The summed E-state index contributed by atoms with van der Waals surface area (Å²) in [5, 5.41) is 19.1. The minimum Gasteiger partial charge on any atom is -0.507 e. The first-order valence-corrected chi connectivity index (χ1v) is 8.35. The van der Waals surface area contributed by atoms with E-state index in [1.54, 1.807) is 0 Å². The second-order valence-electron chi connectivity index (χ2n) is 5.88. The summed E-state index contributed by atoms with van der Waals surface area (Å²) >= 11 is 0. The molecule has 2 aromatic rings. The van der Waals surface area contributed by atoms with Gasteiger partial charge in [0.2, 0.25) is 0 Å². The zero-order chi connectivity index (χ0) is 18.2. The highest BCUT2D eigenvalue weighted by Crippen LogP contribution is 2.24. The number of carboxylic acid groups (broad SMARTS) is 1. The van der Waals surface area contributed by atoms with E-state index in [0.29, 0.717) is 17.7 Å². The van der Waals surface area contributed by atoms with Crippen LogP contribution in [0.3, 0.4) is 0 Å². The van der Waals surface area contributed by atoms with Crippen molar-refractivity contribution < 1.29 is 19.4 Å². The Morgan fingerprint density at radius 3 is 2.52 bits per heavy atom. The molecule has 0 spiro atoms. The van der Waals surface area contributed by atoms with Crippen molar-refractivity contribution in [1.29, 1.82) is 0 Å². The molecule has 0 fully saturated rings. The van der Waals surface area contributed by atoms with Crippen LogP contribution in [-0.4, -0.2) is 27.9 Å². The molecule has 4 nitrogen and oxygen atoms in total. The summed E-state index contributed by atoms with van der Waals surface area (Å²) in [6.45, 7) is 2.01. The number of aliphatic imine (C=N–C) groups is 1. The molecule has 0 radical (unpaired) electrons. The van der Waals surface area contributed by atoms with Gasteiger partial charge in [-0.1, -0.05) is 43.7 Å². The molecule has 1 atom stereocenters. The summed E-state index contributed by atoms with van der Waals surface area (Å²) in [6, 6.07) is 12.7. The topological polar surface area (TPSA) is 69.9 Å². The van der Waals surface area contributed by atoms with E-state index in [0.717, 1.165) is 18.4 Å². The van der Waals surface area contributed by atoms with E-state index >= 15 is 0 Å². The Kier molecular flexibility index (Phi) is 6.69. The fourth-order valence-electron chi connectivity index (χ4n) is 2.67. The third-order valence-corrected chi connectivity index (χ3v) is 3.89. The van der Waals surface area contributed by atoms with Gasteiger partial charge >= 0.3 is 5.97 Å². The van der Waals surface area contributed by atoms with Crippen LogP contribution in [0, 0.1) is 5.82 Å². The number of phenolic OH excluding ortho intramolecular Hbond substituents is 1. The number of rotatable bonds is 8. The number of hydrogen-bond donors (Lipinski definition) is 2. The summed E-state index contributed by atoms with van der Waals surface area (Å²) in [6.07, 6.45) is 1.99. The van der Waals surface area contributed by atoms with Crippen LogP contribution in [0.25, 0.3) is 0 Å². The van der Waals surface area contributed by atoms with Gasteiger partial charge in [-0.3, -0.25) is 9.79 Å². The zero-order valence-electron chi connectivity index (χ0n) is 14.2. The monoisotopic (exact) mass is 343 g/mol. The molecular weight excluding hydrogens is 321 g/mol. The fourth-order valence-corrected chi connectivity index (χ4v) is 2.67. The average molecular weight is 343 g/mol. The number of benzene rings is 2. The molecule has 0 aliphatic heterocycles. The number of phenols is 1. The lowest BCUT2D eigenvalue weighted by Crippen LogP contribution is -2.13. The van der Waals surface area contributed by atoms with E-state index in [4.69, 9.17) is 10.1 Å². The van der Waals surface area contributed by atoms with Crippen LogP contribution in [0.5, 0.6) is 5.75 Å². The van der Waals surface area contributed by atoms with Gasteiger partial charge in [0.1, 0.15) is 11.6 Å². The van der Waals surface area contributed by atoms with Crippen molar-refractivity contribution in [1.82, 2.24) is 0 Å². The minimum atomic E-state index is -0.869. The third kappa shape index (κ3) is 5.41. The second kappa shape index (κ2) is 8.97. The highest BCUT2D eigenvalue weighted by atomic mass is 19.1. The Morgan fingerprint density at radius 1 is 1.16 bits per heavy atom. The van der Waals surface area contributed by atoms with Gasteiger partial charge < -0.3 is 10.2 Å². The lowest BCUT2D eigenvalue weighted by Gasteiger charge is -2.15. The maximum absolute atomic E-state index is 13.7. The van der Waals surface area contributed by atoms with Crippen molar-refractivity contribution in [2.75, 3.05) is 0 Å². The maximum atomic E-state index is 13.7. The van der Waals surface area contributed by atoms with Gasteiger partial charge in [0.15, 0.2) is 0 Å². The highest BCUT2D eigenvalue weighted by molar-refractivity contribution is 6.14. The molecule has 132 valence electrons. The van der Waals surface area contributed by atoms with Gasteiger partial charge in [-0.25, -0.2) is 4.39 Å². The first-order valence-electron chi connectivity index (χ1n) is 8.35. The molecule has 0 aliphatic rings. The Hall–Kier alpha value is -2.69. The summed E-state index contributed by atoms with van der Waals surface area (Å²) < 4.78 is 13.7. The number of aliphatic carboxylic acids is 1. The van der Waals surface area contributed by atoms with Crippen molar-refractivity contribution in [3.63, 3.8) is 0 Å². The van der Waals surface area contributed by atoms with E-state index in [9.17, 15) is 14.3 Å². The van der Waals surface area contributed by atoms with Crippen LogP contribution in [0.4, 0.5) is 4.39 Å². The van der Waals surface area contributed by atoms with Crippen molar-refractivity contribution in [3.8, 4) is 5.75 Å². The zero-order valence-corrected chi connectivity index (χ0v) is 14.2. The van der Waals surface area contributed by atoms with Crippen LogP contribution in [0.15, 0.2) is 53.5 Å². The Labute approximate surface area is 146 Å². The Balaban J connectivity index is 2.49. The second-order valence-corrected chi connectivity index (χ2v) is 5.88. The molecule has 0 amide bonds. The largest absolute Gasteiger partial charge is 0.507 e. The fraction of sp³-hybridized carbons (Fsp3) is 0.300. The van der Waals surface area contributed by atoms with Gasteiger partial charge in [0.25, 0.3) is 0 Å². The molecule has 2 aromatic carbocycles. The molecule has 0 saturated carbocycles. The van der Waals surface area contributed by atoms with Gasteiger partial charge in [0, 0.05) is 17.5 Å². The van der Waals surface area contributed by atoms with E-state index < -0.39 is 11.8 Å².